The smallest absolute Gasteiger partial charge is 0.189 e. The largest absolute Gasteiger partial charge is 0.294 e. The summed E-state index contributed by atoms with van der Waals surface area (Å²) in [6.45, 7) is 0.659. The Morgan fingerprint density at radius 1 is 0.732 bits per heavy atom. The fourth-order valence-corrected chi connectivity index (χ4v) is 9.41. The van der Waals surface area contributed by atoms with Crippen LogP contribution in [0.2, 0.25) is 0 Å². The molecule has 4 nitrogen and oxygen atoms in total. The zero-order valence-corrected chi connectivity index (χ0v) is 23.6. The molecule has 2 aliphatic heterocycles. The lowest BCUT2D eigenvalue weighted by molar-refractivity contribution is 0.0441. The van der Waals surface area contributed by atoms with Gasteiger partial charge in [-0.1, -0.05) is 101 Å². The third kappa shape index (κ3) is 2.51. The van der Waals surface area contributed by atoms with Crippen molar-refractivity contribution in [2.75, 3.05) is 6.54 Å². The SMILES string of the molecule is O=C(c1ccc(Br)cc1)[C@@H]1C2CCCN2[C@@]2(C(=O)c3cccc4cccc2c34)[C@@]12C(=O)c1cccc3cccc2c13. The van der Waals surface area contributed by atoms with Crippen LogP contribution in [0.25, 0.3) is 21.5 Å². The van der Waals surface area contributed by atoms with Crippen molar-refractivity contribution >= 4 is 54.8 Å². The molecule has 2 heterocycles. The van der Waals surface area contributed by atoms with Crippen molar-refractivity contribution in [1.29, 1.82) is 0 Å². The number of carbonyl (C=O) groups is 3. The number of hydrogen-bond acceptors (Lipinski definition) is 4. The summed E-state index contributed by atoms with van der Waals surface area (Å²) in [4.78, 5) is 47.8. The summed E-state index contributed by atoms with van der Waals surface area (Å²) >= 11 is 3.50. The molecule has 2 saturated heterocycles. The highest BCUT2D eigenvalue weighted by Gasteiger charge is 2.80. The molecule has 2 aliphatic carbocycles. The zero-order valence-electron chi connectivity index (χ0n) is 22.1. The van der Waals surface area contributed by atoms with E-state index in [4.69, 9.17) is 0 Å². The summed E-state index contributed by atoms with van der Waals surface area (Å²) in [5.74, 6) is -0.946. The first kappa shape index (κ1) is 23.7. The third-order valence-electron chi connectivity index (χ3n) is 10.4. The van der Waals surface area contributed by atoms with E-state index in [1.165, 1.54) is 0 Å². The lowest BCUT2D eigenvalue weighted by Gasteiger charge is -2.45. The van der Waals surface area contributed by atoms with Crippen molar-refractivity contribution < 1.29 is 14.4 Å². The quantitative estimate of drug-likeness (QED) is 0.201. The van der Waals surface area contributed by atoms with Gasteiger partial charge in [-0.25, -0.2) is 0 Å². The molecule has 1 unspecified atom stereocenters. The van der Waals surface area contributed by atoms with Gasteiger partial charge in [0, 0.05) is 27.2 Å². The summed E-state index contributed by atoms with van der Waals surface area (Å²) in [6, 6.07) is 31.0. The van der Waals surface area contributed by atoms with Gasteiger partial charge in [0.1, 0.15) is 11.0 Å². The predicted octanol–water partition coefficient (Wildman–Crippen LogP) is 7.26. The first-order valence-corrected chi connectivity index (χ1v) is 15.0. The van der Waals surface area contributed by atoms with Crippen LogP contribution in [0.3, 0.4) is 0 Å². The molecule has 4 aliphatic rings. The average molecular weight is 598 g/mol. The van der Waals surface area contributed by atoms with E-state index in [0.717, 1.165) is 50.0 Å². The molecular formula is C36H24BrNO3. The Hall–Kier alpha value is -3.93. The summed E-state index contributed by atoms with van der Waals surface area (Å²) in [5.41, 5.74) is 0.815. The van der Waals surface area contributed by atoms with Crippen molar-refractivity contribution in [2.45, 2.75) is 29.8 Å². The third-order valence-corrected chi connectivity index (χ3v) is 10.9. The monoisotopic (exact) mass is 597 g/mol. The van der Waals surface area contributed by atoms with Gasteiger partial charge in [-0.15, -0.1) is 0 Å². The van der Waals surface area contributed by atoms with E-state index in [0.29, 0.717) is 23.2 Å². The minimum Gasteiger partial charge on any atom is -0.294 e. The van der Waals surface area contributed by atoms with Crippen LogP contribution in [0.1, 0.15) is 55.0 Å². The van der Waals surface area contributed by atoms with E-state index < -0.39 is 16.9 Å². The maximum Gasteiger partial charge on any atom is 0.189 e. The maximum atomic E-state index is 15.4. The maximum absolute atomic E-state index is 15.4. The molecule has 0 aromatic heterocycles. The first-order valence-electron chi connectivity index (χ1n) is 14.2. The van der Waals surface area contributed by atoms with Gasteiger partial charge >= 0.3 is 0 Å². The number of ketones is 3. The van der Waals surface area contributed by atoms with Gasteiger partial charge in [0.05, 0.1) is 5.92 Å². The fraction of sp³-hybridized carbons (Fsp3) is 0.194. The van der Waals surface area contributed by atoms with Gasteiger partial charge in [-0.05, 0) is 64.2 Å². The average Bonchev–Trinajstić information content (AvgIpc) is 3.70. The van der Waals surface area contributed by atoms with Crippen LogP contribution in [0.5, 0.6) is 0 Å². The number of halogens is 1. The number of Topliss-reactive ketones (excluding diaryl/α,β-unsaturated/α-hetero) is 3. The molecule has 0 bridgehead atoms. The number of nitrogens with zero attached hydrogens (tertiary/aromatic N) is 1. The second kappa shape index (κ2) is 7.87. The molecule has 5 heteroatoms. The number of hydrogen-bond donors (Lipinski definition) is 0. The van der Waals surface area contributed by atoms with Crippen molar-refractivity contribution in [3.8, 4) is 0 Å². The minimum atomic E-state index is -1.39. The second-order valence-corrected chi connectivity index (χ2v) is 12.8. The minimum absolute atomic E-state index is 0.0551. The number of fused-ring (bicyclic) bond motifs is 5. The van der Waals surface area contributed by atoms with Crippen molar-refractivity contribution in [2.24, 2.45) is 5.92 Å². The Balaban J connectivity index is 1.46. The van der Waals surface area contributed by atoms with Crippen molar-refractivity contribution in [3.05, 3.63) is 129 Å². The Kier molecular flexibility index (Phi) is 4.56. The highest BCUT2D eigenvalue weighted by molar-refractivity contribution is 9.10. The second-order valence-electron chi connectivity index (χ2n) is 11.8. The predicted molar refractivity (Wildman–Crippen MR) is 162 cm³/mol. The molecule has 5 aromatic rings. The molecule has 0 saturated carbocycles. The first-order chi connectivity index (χ1) is 20.0. The van der Waals surface area contributed by atoms with Gasteiger partial charge in [-0.3, -0.25) is 19.3 Å². The van der Waals surface area contributed by atoms with Gasteiger partial charge < -0.3 is 0 Å². The van der Waals surface area contributed by atoms with Crippen LogP contribution in [0.4, 0.5) is 0 Å². The van der Waals surface area contributed by atoms with Crippen LogP contribution in [0, 0.1) is 5.92 Å². The molecule has 4 atom stereocenters. The number of rotatable bonds is 2. The van der Waals surface area contributed by atoms with Crippen LogP contribution >= 0.6 is 15.9 Å². The summed E-state index contributed by atoms with van der Waals surface area (Å²) in [6.07, 6.45) is 1.63. The van der Waals surface area contributed by atoms with Gasteiger partial charge in [-0.2, -0.15) is 0 Å². The van der Waals surface area contributed by atoms with Crippen LogP contribution in [-0.2, 0) is 11.0 Å². The van der Waals surface area contributed by atoms with Crippen molar-refractivity contribution in [3.63, 3.8) is 0 Å². The van der Waals surface area contributed by atoms with Gasteiger partial charge in [0.15, 0.2) is 17.3 Å². The van der Waals surface area contributed by atoms with E-state index in [9.17, 15) is 4.79 Å². The molecule has 0 radical (unpaired) electrons. The molecule has 0 amide bonds. The molecule has 41 heavy (non-hydrogen) atoms. The molecule has 2 spiro atoms. The van der Waals surface area contributed by atoms with Crippen LogP contribution in [-0.4, -0.2) is 34.8 Å². The normalized spacial score (nSPS) is 27.6. The van der Waals surface area contributed by atoms with Crippen molar-refractivity contribution in [1.82, 2.24) is 4.90 Å². The van der Waals surface area contributed by atoms with E-state index in [1.54, 1.807) is 0 Å². The fourth-order valence-electron chi connectivity index (χ4n) is 9.15. The molecular weight excluding hydrogens is 574 g/mol. The standard InChI is InChI=1S/C36H24BrNO3/c37-23-17-15-22(16-18-23)32(39)31-28-14-5-19-38(28)36(27-13-4-9-21-7-2-11-25(30(21)27)34(36)41)35(31)26-12-3-8-20-6-1-10-24(29(20)26)33(35)40/h1-4,6-13,15-18,28,31H,5,14,19H2/t28?,31-,35+,36-/m0/s1. The Labute approximate surface area is 245 Å². The number of benzene rings is 5. The van der Waals surface area contributed by atoms with Crippen LogP contribution < -0.4 is 0 Å². The Morgan fingerprint density at radius 3 is 2.00 bits per heavy atom. The topological polar surface area (TPSA) is 54.5 Å². The molecule has 5 aromatic carbocycles. The Bertz CT molecular complexity index is 2020. The van der Waals surface area contributed by atoms with Gasteiger partial charge in [0.2, 0.25) is 0 Å². The van der Waals surface area contributed by atoms with Gasteiger partial charge in [0.25, 0.3) is 0 Å². The van der Waals surface area contributed by atoms with E-state index >= 15 is 9.59 Å². The summed E-state index contributed by atoms with van der Waals surface area (Å²) in [5, 5.41) is 3.74. The lowest BCUT2D eigenvalue weighted by atomic mass is 9.55. The molecule has 9 rings (SSSR count). The van der Waals surface area contributed by atoms with E-state index in [-0.39, 0.29) is 23.4 Å². The van der Waals surface area contributed by atoms with E-state index in [2.05, 4.69) is 20.8 Å². The Morgan fingerprint density at radius 2 is 1.32 bits per heavy atom. The van der Waals surface area contributed by atoms with Crippen LogP contribution in [0.15, 0.2) is 102 Å². The van der Waals surface area contributed by atoms with E-state index in [1.807, 2.05) is 97.1 Å². The summed E-state index contributed by atoms with van der Waals surface area (Å²) in [7, 11) is 0. The molecule has 198 valence electrons. The molecule has 0 N–H and O–H groups in total. The molecule has 2 fully saturated rings. The highest BCUT2D eigenvalue weighted by Crippen LogP contribution is 2.69. The summed E-state index contributed by atoms with van der Waals surface area (Å²) < 4.78 is 0.886. The highest BCUT2D eigenvalue weighted by atomic mass is 79.9. The lowest BCUT2D eigenvalue weighted by Crippen LogP contribution is -2.61. The number of carbonyl (C=O) groups excluding carboxylic acids is 3. The zero-order chi connectivity index (χ0) is 27.7.